The standard InChI is InChI=1S/C23H19N5O3/c1-23(2)9-14(29)17-16(10-23)31-22-19(18(17)15-6-4-8-30-15)21-26-20(27-28(21)12-25-22)13-5-3-7-24-11-13/h3-8,11-12,18H,9-10H2,1-2H3. The van der Waals surface area contributed by atoms with Gasteiger partial charge < -0.3 is 9.15 Å². The summed E-state index contributed by atoms with van der Waals surface area (Å²) in [4.78, 5) is 26.7. The summed E-state index contributed by atoms with van der Waals surface area (Å²) < 4.78 is 13.6. The van der Waals surface area contributed by atoms with E-state index in [0.717, 1.165) is 5.56 Å². The molecule has 1 aliphatic heterocycles. The van der Waals surface area contributed by atoms with Gasteiger partial charge in [0.05, 0.1) is 17.7 Å². The molecule has 154 valence electrons. The molecule has 0 radical (unpaired) electrons. The first kappa shape index (κ1) is 18.0. The van der Waals surface area contributed by atoms with Crippen LogP contribution in [0.25, 0.3) is 17.0 Å². The lowest BCUT2D eigenvalue weighted by Crippen LogP contribution is -2.33. The summed E-state index contributed by atoms with van der Waals surface area (Å²) in [7, 11) is 0. The quantitative estimate of drug-likeness (QED) is 0.491. The second kappa shape index (κ2) is 6.34. The zero-order valence-corrected chi connectivity index (χ0v) is 17.1. The molecule has 0 saturated carbocycles. The number of ketones is 1. The van der Waals surface area contributed by atoms with E-state index in [9.17, 15) is 4.79 Å². The molecule has 31 heavy (non-hydrogen) atoms. The molecule has 0 saturated heterocycles. The Kier molecular flexibility index (Phi) is 3.68. The Hall–Kier alpha value is -3.81. The van der Waals surface area contributed by atoms with Crippen molar-refractivity contribution in [1.82, 2.24) is 24.6 Å². The maximum Gasteiger partial charge on any atom is 0.228 e. The van der Waals surface area contributed by atoms with E-state index in [1.807, 2.05) is 24.3 Å². The zero-order chi connectivity index (χ0) is 21.2. The number of pyridine rings is 1. The monoisotopic (exact) mass is 413 g/mol. The fourth-order valence-corrected chi connectivity index (χ4v) is 4.50. The Morgan fingerprint density at radius 2 is 2.10 bits per heavy atom. The topological polar surface area (TPSA) is 95.4 Å². The molecule has 8 nitrogen and oxygen atoms in total. The average molecular weight is 413 g/mol. The van der Waals surface area contributed by atoms with Crippen LogP contribution in [0.1, 0.15) is 43.9 Å². The number of ether oxygens (including phenoxy) is 1. The molecule has 6 rings (SSSR count). The van der Waals surface area contributed by atoms with Crippen molar-refractivity contribution in [3.63, 3.8) is 0 Å². The molecular formula is C23H19N5O3. The first-order chi connectivity index (χ1) is 15.0. The Bertz CT molecular complexity index is 1350. The molecule has 4 aromatic heterocycles. The normalized spacial score (nSPS) is 19.8. The number of carbonyl (C=O) groups is 1. The van der Waals surface area contributed by atoms with Gasteiger partial charge in [0, 0.05) is 36.4 Å². The molecule has 8 heteroatoms. The molecule has 0 amide bonds. The Labute approximate surface area is 177 Å². The number of furan rings is 1. The molecule has 0 fully saturated rings. The summed E-state index contributed by atoms with van der Waals surface area (Å²) in [5.41, 5.74) is 2.51. The summed E-state index contributed by atoms with van der Waals surface area (Å²) in [6.07, 6.45) is 7.72. The van der Waals surface area contributed by atoms with Crippen molar-refractivity contribution in [1.29, 1.82) is 0 Å². The first-order valence-electron chi connectivity index (χ1n) is 10.1. The summed E-state index contributed by atoms with van der Waals surface area (Å²) in [5, 5.41) is 4.57. The molecule has 1 aliphatic carbocycles. The first-order valence-corrected chi connectivity index (χ1v) is 10.1. The zero-order valence-electron chi connectivity index (χ0n) is 17.1. The third kappa shape index (κ3) is 2.78. The maximum atomic E-state index is 13.3. The van der Waals surface area contributed by atoms with E-state index < -0.39 is 5.92 Å². The van der Waals surface area contributed by atoms with Crippen LogP contribution in [-0.4, -0.2) is 30.3 Å². The molecular weight excluding hydrogens is 394 g/mol. The predicted molar refractivity (Wildman–Crippen MR) is 110 cm³/mol. The molecule has 0 aromatic carbocycles. The van der Waals surface area contributed by atoms with E-state index in [-0.39, 0.29) is 11.2 Å². The number of Topliss-reactive ketones (excluding diaryl/α,β-unsaturated/α-hetero) is 1. The van der Waals surface area contributed by atoms with E-state index in [1.165, 1.54) is 0 Å². The maximum absolute atomic E-state index is 13.3. The van der Waals surface area contributed by atoms with Crippen molar-refractivity contribution >= 4 is 11.4 Å². The molecule has 5 heterocycles. The molecule has 1 atom stereocenters. The van der Waals surface area contributed by atoms with Gasteiger partial charge in [-0.15, -0.1) is 5.10 Å². The van der Waals surface area contributed by atoms with Crippen LogP contribution in [-0.2, 0) is 4.79 Å². The number of aromatic nitrogens is 5. The van der Waals surface area contributed by atoms with Crippen molar-refractivity contribution in [2.45, 2.75) is 32.6 Å². The number of hydrogen-bond acceptors (Lipinski definition) is 7. The van der Waals surface area contributed by atoms with Gasteiger partial charge in [-0.2, -0.15) is 0 Å². The van der Waals surface area contributed by atoms with E-state index in [0.29, 0.717) is 52.8 Å². The minimum atomic E-state index is -0.445. The Morgan fingerprint density at radius 1 is 1.19 bits per heavy atom. The summed E-state index contributed by atoms with van der Waals surface area (Å²) >= 11 is 0. The number of nitrogens with zero attached hydrogens (tertiary/aromatic N) is 5. The van der Waals surface area contributed by atoms with Gasteiger partial charge in [0.15, 0.2) is 17.3 Å². The second-order valence-electron chi connectivity index (χ2n) is 8.74. The van der Waals surface area contributed by atoms with Crippen LogP contribution in [0.4, 0.5) is 0 Å². The van der Waals surface area contributed by atoms with Gasteiger partial charge in [0.1, 0.15) is 17.8 Å². The number of rotatable bonds is 2. The Balaban J connectivity index is 1.60. The third-order valence-corrected chi connectivity index (χ3v) is 5.81. The van der Waals surface area contributed by atoms with Crippen LogP contribution < -0.4 is 4.74 Å². The van der Waals surface area contributed by atoms with Gasteiger partial charge in [0.2, 0.25) is 5.88 Å². The molecule has 0 bridgehead atoms. The molecule has 0 spiro atoms. The van der Waals surface area contributed by atoms with Gasteiger partial charge in [0.25, 0.3) is 0 Å². The third-order valence-electron chi connectivity index (χ3n) is 5.81. The lowest BCUT2D eigenvalue weighted by Gasteiger charge is -2.36. The van der Waals surface area contributed by atoms with Crippen LogP contribution >= 0.6 is 0 Å². The average Bonchev–Trinajstić information content (AvgIpc) is 3.42. The van der Waals surface area contributed by atoms with Crippen LogP contribution in [0.2, 0.25) is 0 Å². The predicted octanol–water partition coefficient (Wildman–Crippen LogP) is 3.95. The summed E-state index contributed by atoms with van der Waals surface area (Å²) in [6.45, 7) is 4.15. The lowest BCUT2D eigenvalue weighted by molar-refractivity contribution is -0.118. The molecule has 4 aromatic rings. The van der Waals surface area contributed by atoms with Gasteiger partial charge >= 0.3 is 0 Å². The molecule has 1 unspecified atom stereocenters. The highest BCUT2D eigenvalue weighted by Gasteiger charge is 2.44. The molecule has 0 N–H and O–H groups in total. The van der Waals surface area contributed by atoms with E-state index in [1.54, 1.807) is 29.5 Å². The van der Waals surface area contributed by atoms with Gasteiger partial charge in [-0.3, -0.25) is 9.78 Å². The fraction of sp³-hybridized carbons (Fsp3) is 0.261. The van der Waals surface area contributed by atoms with Crippen molar-refractivity contribution in [3.05, 3.63) is 71.9 Å². The molecule has 2 aliphatic rings. The highest BCUT2D eigenvalue weighted by atomic mass is 16.5. The van der Waals surface area contributed by atoms with Crippen LogP contribution in [0.5, 0.6) is 5.88 Å². The lowest BCUT2D eigenvalue weighted by atomic mass is 9.71. The van der Waals surface area contributed by atoms with E-state index in [4.69, 9.17) is 14.1 Å². The Morgan fingerprint density at radius 3 is 2.87 bits per heavy atom. The number of carbonyl (C=O) groups excluding carboxylic acids is 1. The van der Waals surface area contributed by atoms with Crippen molar-refractivity contribution in [3.8, 4) is 17.3 Å². The largest absolute Gasteiger partial charge is 0.468 e. The van der Waals surface area contributed by atoms with Gasteiger partial charge in [-0.25, -0.2) is 14.5 Å². The smallest absolute Gasteiger partial charge is 0.228 e. The minimum absolute atomic E-state index is 0.0623. The van der Waals surface area contributed by atoms with Crippen molar-refractivity contribution < 1.29 is 13.9 Å². The highest BCUT2D eigenvalue weighted by molar-refractivity contribution is 6.00. The fourth-order valence-electron chi connectivity index (χ4n) is 4.50. The van der Waals surface area contributed by atoms with Crippen molar-refractivity contribution in [2.75, 3.05) is 0 Å². The van der Waals surface area contributed by atoms with Gasteiger partial charge in [-0.05, 0) is 29.7 Å². The van der Waals surface area contributed by atoms with Crippen LogP contribution in [0.3, 0.4) is 0 Å². The SMILES string of the molecule is CC1(C)CC(=O)C2=C(C1)Oc1ncn3nc(-c4cccnc4)nc3c1C2c1ccco1. The van der Waals surface area contributed by atoms with E-state index in [2.05, 4.69) is 28.9 Å². The summed E-state index contributed by atoms with van der Waals surface area (Å²) in [6, 6.07) is 7.43. The minimum Gasteiger partial charge on any atom is -0.468 e. The van der Waals surface area contributed by atoms with E-state index >= 15 is 0 Å². The summed E-state index contributed by atoms with van der Waals surface area (Å²) in [5.74, 6) is 1.90. The number of allylic oxidation sites excluding steroid dienone is 2. The highest BCUT2D eigenvalue weighted by Crippen LogP contribution is 2.50. The number of fused-ring (bicyclic) bond motifs is 3. The number of hydrogen-bond donors (Lipinski definition) is 0. The van der Waals surface area contributed by atoms with Crippen LogP contribution in [0, 0.1) is 5.41 Å². The second-order valence-corrected chi connectivity index (χ2v) is 8.74. The van der Waals surface area contributed by atoms with Crippen LogP contribution in [0.15, 0.2) is 65.0 Å². The van der Waals surface area contributed by atoms with Crippen molar-refractivity contribution in [2.24, 2.45) is 5.41 Å². The van der Waals surface area contributed by atoms with Gasteiger partial charge in [-0.1, -0.05) is 13.8 Å².